The van der Waals surface area contributed by atoms with Gasteiger partial charge in [-0.25, -0.2) is 0 Å². The van der Waals surface area contributed by atoms with Gasteiger partial charge in [-0.05, 0) is 30.3 Å². The lowest BCUT2D eigenvalue weighted by molar-refractivity contribution is 0.102. The van der Waals surface area contributed by atoms with E-state index in [4.69, 9.17) is 37.1 Å². The van der Waals surface area contributed by atoms with Crippen LogP contribution < -0.4 is 14.8 Å². The first-order chi connectivity index (χ1) is 13.1. The Balaban J connectivity index is 1.74. The lowest BCUT2D eigenvalue weighted by atomic mass is 10.2. The summed E-state index contributed by atoms with van der Waals surface area (Å²) in [5, 5.41) is 3.18. The molecular weight excluding hydrogens is 391 g/mol. The Kier molecular flexibility index (Phi) is 6.21. The van der Waals surface area contributed by atoms with Crippen molar-refractivity contribution in [2.75, 3.05) is 19.0 Å². The number of benzene rings is 1. The van der Waals surface area contributed by atoms with Crippen molar-refractivity contribution in [1.82, 2.24) is 4.98 Å². The molecule has 1 N–H and O–H groups in total. The summed E-state index contributed by atoms with van der Waals surface area (Å²) in [4.78, 5) is 16.4. The van der Waals surface area contributed by atoms with Gasteiger partial charge < -0.3 is 19.2 Å². The summed E-state index contributed by atoms with van der Waals surface area (Å²) in [6.07, 6.45) is 5.01. The Hall–Kier alpha value is -2.70. The summed E-state index contributed by atoms with van der Waals surface area (Å²) in [5.41, 5.74) is 0.669. The van der Waals surface area contributed by atoms with E-state index in [1.165, 1.54) is 19.5 Å². The number of carbonyl (C=O) groups excluding carboxylic acids is 1. The summed E-state index contributed by atoms with van der Waals surface area (Å²) in [5.74, 6) is 1.39. The zero-order valence-corrected chi connectivity index (χ0v) is 15.9. The molecule has 0 bridgehead atoms. The highest BCUT2D eigenvalue weighted by atomic mass is 35.5. The maximum atomic E-state index is 12.6. The molecule has 0 saturated heterocycles. The van der Waals surface area contributed by atoms with Crippen molar-refractivity contribution >= 4 is 34.8 Å². The monoisotopic (exact) mass is 406 g/mol. The molecule has 3 aromatic rings. The second-order valence-electron chi connectivity index (χ2n) is 5.48. The van der Waals surface area contributed by atoms with Gasteiger partial charge >= 0.3 is 0 Å². The largest absolute Gasteiger partial charge is 0.493 e. The van der Waals surface area contributed by atoms with Gasteiger partial charge in [-0.1, -0.05) is 23.2 Å². The number of halogens is 2. The quantitative estimate of drug-likeness (QED) is 0.605. The average Bonchev–Trinajstić information content (AvgIpc) is 3.18. The predicted octanol–water partition coefficient (Wildman–Crippen LogP) is 4.86. The van der Waals surface area contributed by atoms with Crippen molar-refractivity contribution in [3.8, 4) is 11.5 Å². The minimum absolute atomic E-state index is 0.249. The van der Waals surface area contributed by atoms with E-state index in [-0.39, 0.29) is 16.0 Å². The normalized spacial score (nSPS) is 10.5. The summed E-state index contributed by atoms with van der Waals surface area (Å²) in [6, 6.07) is 8.56. The Morgan fingerprint density at radius 2 is 1.96 bits per heavy atom. The van der Waals surface area contributed by atoms with Crippen LogP contribution in [0.1, 0.15) is 16.1 Å². The van der Waals surface area contributed by atoms with Gasteiger partial charge in [-0.3, -0.25) is 9.78 Å². The Morgan fingerprint density at radius 1 is 1.19 bits per heavy atom. The van der Waals surface area contributed by atoms with E-state index >= 15 is 0 Å². The van der Waals surface area contributed by atoms with Crippen LogP contribution in [0.15, 0.2) is 53.4 Å². The number of pyridine rings is 1. The number of methoxy groups -OCH3 is 1. The summed E-state index contributed by atoms with van der Waals surface area (Å²) < 4.78 is 16.3. The van der Waals surface area contributed by atoms with Crippen LogP contribution in [0.2, 0.25) is 10.0 Å². The molecule has 2 aromatic heterocycles. The topological polar surface area (TPSA) is 73.6 Å². The minimum atomic E-state index is -0.386. The SMILES string of the molecule is COc1ccc(C(=O)Nc2c(Cl)cncc2Cl)cc1OCCc1ccco1. The van der Waals surface area contributed by atoms with Crippen molar-refractivity contribution in [2.45, 2.75) is 6.42 Å². The molecule has 0 fully saturated rings. The van der Waals surface area contributed by atoms with Crippen molar-refractivity contribution < 1.29 is 18.7 Å². The molecule has 0 aliphatic carbocycles. The highest BCUT2D eigenvalue weighted by Crippen LogP contribution is 2.31. The molecular formula is C19H16Cl2N2O4. The first-order valence-electron chi connectivity index (χ1n) is 8.02. The van der Waals surface area contributed by atoms with Crippen LogP contribution in [-0.2, 0) is 6.42 Å². The van der Waals surface area contributed by atoms with Crippen molar-refractivity contribution in [3.63, 3.8) is 0 Å². The lowest BCUT2D eigenvalue weighted by Gasteiger charge is -2.13. The fraction of sp³-hybridized carbons (Fsp3) is 0.158. The molecule has 1 amide bonds. The first kappa shape index (κ1) is 19.1. The standard InChI is InChI=1S/C19H16Cl2N2O4/c1-25-16-5-4-12(9-17(16)27-8-6-13-3-2-7-26-13)19(24)23-18-14(20)10-22-11-15(18)21/h2-5,7,9-11H,6,8H2,1H3,(H,22,23,24). The maximum absolute atomic E-state index is 12.6. The van der Waals surface area contributed by atoms with Crippen LogP contribution >= 0.6 is 23.2 Å². The highest BCUT2D eigenvalue weighted by Gasteiger charge is 2.15. The third-order valence-electron chi connectivity index (χ3n) is 3.70. The number of amides is 1. The van der Waals surface area contributed by atoms with Gasteiger partial charge in [-0.15, -0.1) is 0 Å². The number of furan rings is 1. The van der Waals surface area contributed by atoms with Crippen LogP contribution in [0, 0.1) is 0 Å². The van der Waals surface area contributed by atoms with Gasteiger partial charge in [0.2, 0.25) is 0 Å². The number of anilines is 1. The fourth-order valence-corrected chi connectivity index (χ4v) is 2.82. The number of hydrogen-bond donors (Lipinski definition) is 1. The third-order valence-corrected chi connectivity index (χ3v) is 4.28. The van der Waals surface area contributed by atoms with E-state index in [1.807, 2.05) is 12.1 Å². The average molecular weight is 407 g/mol. The smallest absolute Gasteiger partial charge is 0.255 e. The Morgan fingerprint density at radius 3 is 2.63 bits per heavy atom. The molecule has 2 heterocycles. The molecule has 0 saturated carbocycles. The van der Waals surface area contributed by atoms with E-state index in [1.54, 1.807) is 24.5 Å². The predicted molar refractivity (Wildman–Crippen MR) is 103 cm³/mol. The minimum Gasteiger partial charge on any atom is -0.493 e. The number of carbonyl (C=O) groups is 1. The van der Waals surface area contributed by atoms with Crippen LogP contribution in [0.25, 0.3) is 0 Å². The van der Waals surface area contributed by atoms with Crippen LogP contribution in [0.3, 0.4) is 0 Å². The maximum Gasteiger partial charge on any atom is 0.255 e. The number of hydrogen-bond acceptors (Lipinski definition) is 5. The van der Waals surface area contributed by atoms with E-state index in [0.717, 1.165) is 5.76 Å². The van der Waals surface area contributed by atoms with E-state index in [9.17, 15) is 4.79 Å². The molecule has 0 radical (unpaired) electrons. The lowest BCUT2D eigenvalue weighted by Crippen LogP contribution is -2.13. The molecule has 0 aliphatic rings. The summed E-state index contributed by atoms with van der Waals surface area (Å²) >= 11 is 12.1. The number of ether oxygens (including phenoxy) is 2. The Bertz CT molecular complexity index is 909. The van der Waals surface area contributed by atoms with Gasteiger partial charge in [0.15, 0.2) is 11.5 Å². The third kappa shape index (κ3) is 4.72. The van der Waals surface area contributed by atoms with Crippen LogP contribution in [0.4, 0.5) is 5.69 Å². The number of nitrogens with one attached hydrogen (secondary N) is 1. The van der Waals surface area contributed by atoms with Crippen LogP contribution in [-0.4, -0.2) is 24.6 Å². The zero-order valence-electron chi connectivity index (χ0n) is 14.4. The van der Waals surface area contributed by atoms with Crippen molar-refractivity contribution in [3.05, 3.63) is 70.4 Å². The number of aromatic nitrogens is 1. The van der Waals surface area contributed by atoms with Gasteiger partial charge in [0.05, 0.1) is 35.7 Å². The van der Waals surface area contributed by atoms with Gasteiger partial charge in [0.1, 0.15) is 5.76 Å². The molecule has 0 atom stereocenters. The van der Waals surface area contributed by atoms with Crippen molar-refractivity contribution in [1.29, 1.82) is 0 Å². The second-order valence-corrected chi connectivity index (χ2v) is 6.29. The number of rotatable bonds is 7. The van der Waals surface area contributed by atoms with E-state index in [0.29, 0.717) is 35.8 Å². The molecule has 0 aliphatic heterocycles. The molecule has 6 nitrogen and oxygen atoms in total. The highest BCUT2D eigenvalue weighted by molar-refractivity contribution is 6.39. The molecule has 3 rings (SSSR count). The second kappa shape index (κ2) is 8.79. The zero-order chi connectivity index (χ0) is 19.2. The van der Waals surface area contributed by atoms with E-state index in [2.05, 4.69) is 10.3 Å². The summed E-state index contributed by atoms with van der Waals surface area (Å²) in [6.45, 7) is 0.372. The van der Waals surface area contributed by atoms with E-state index < -0.39 is 0 Å². The molecule has 1 aromatic carbocycles. The Labute approximate surface area is 166 Å². The van der Waals surface area contributed by atoms with Gasteiger partial charge in [-0.2, -0.15) is 0 Å². The molecule has 140 valence electrons. The molecule has 27 heavy (non-hydrogen) atoms. The molecule has 0 unspecified atom stereocenters. The molecule has 8 heteroatoms. The number of nitrogens with zero attached hydrogens (tertiary/aromatic N) is 1. The van der Waals surface area contributed by atoms with Crippen molar-refractivity contribution in [2.24, 2.45) is 0 Å². The van der Waals surface area contributed by atoms with Gasteiger partial charge in [0.25, 0.3) is 5.91 Å². The summed E-state index contributed by atoms with van der Waals surface area (Å²) in [7, 11) is 1.53. The molecule has 0 spiro atoms. The van der Waals surface area contributed by atoms with Crippen LogP contribution in [0.5, 0.6) is 11.5 Å². The van der Waals surface area contributed by atoms with Gasteiger partial charge in [0, 0.05) is 24.4 Å². The fourth-order valence-electron chi connectivity index (χ4n) is 2.36. The first-order valence-corrected chi connectivity index (χ1v) is 8.77.